The first-order valence-electron chi connectivity index (χ1n) is 18.3. The summed E-state index contributed by atoms with van der Waals surface area (Å²) in [4.78, 5) is 21.3. The van der Waals surface area contributed by atoms with E-state index in [4.69, 9.17) is 9.57 Å². The largest absolute Gasteiger partial charge is 0.481 e. The molecule has 0 aliphatic carbocycles. The maximum atomic E-state index is 10.8. The van der Waals surface area contributed by atoms with Gasteiger partial charge in [0.05, 0.1) is 4.88 Å². The molecule has 0 bridgehead atoms. The van der Waals surface area contributed by atoms with Crippen molar-refractivity contribution in [2.45, 2.75) is 156 Å². The molecule has 2 unspecified atom stereocenters. The number of fused-ring (bicyclic) bond motifs is 1. The number of rotatable bonds is 21. The number of nitrogens with one attached hydrogen (secondary N) is 1. The fourth-order valence-corrected chi connectivity index (χ4v) is 10.1. The zero-order chi connectivity index (χ0) is 35.5. The minimum absolute atomic E-state index is 0.0245. The van der Waals surface area contributed by atoms with Crippen LogP contribution in [0.5, 0.6) is 5.75 Å². The van der Waals surface area contributed by atoms with Gasteiger partial charge in [-0.25, -0.2) is 5.48 Å². The smallest absolute Gasteiger partial charge is 0.230 e. The minimum Gasteiger partial charge on any atom is -0.481 e. The zero-order valence-corrected chi connectivity index (χ0v) is 34.2. The van der Waals surface area contributed by atoms with Crippen LogP contribution < -0.4 is 10.2 Å². The number of thiophene rings is 1. The van der Waals surface area contributed by atoms with Crippen LogP contribution >= 0.6 is 31.3 Å². The molecule has 0 saturated heterocycles. The molecule has 3 rings (SSSR count). The van der Waals surface area contributed by atoms with Gasteiger partial charge in [-0.2, -0.15) is 0 Å². The summed E-state index contributed by atoms with van der Waals surface area (Å²) < 4.78 is 7.38. The van der Waals surface area contributed by atoms with Gasteiger partial charge in [-0.05, 0) is 85.2 Å². The predicted octanol–water partition coefficient (Wildman–Crippen LogP) is 13.4. The van der Waals surface area contributed by atoms with Crippen molar-refractivity contribution < 1.29 is 14.4 Å². The molecule has 3 heterocycles. The maximum absolute atomic E-state index is 10.8. The van der Waals surface area contributed by atoms with Crippen LogP contribution in [0.15, 0.2) is 41.1 Å². The van der Waals surface area contributed by atoms with Crippen LogP contribution in [0.2, 0.25) is 0 Å². The molecule has 2 aromatic rings. The van der Waals surface area contributed by atoms with Crippen molar-refractivity contribution >= 4 is 42.6 Å². The van der Waals surface area contributed by atoms with Crippen molar-refractivity contribution in [3.05, 3.63) is 56.8 Å². The lowest BCUT2D eigenvalue weighted by Gasteiger charge is -2.41. The fourth-order valence-electron chi connectivity index (χ4n) is 6.52. The average Bonchev–Trinajstić information content (AvgIpc) is 3.45. The van der Waals surface area contributed by atoms with Crippen molar-refractivity contribution in [1.29, 1.82) is 0 Å². The minimum atomic E-state index is -0.416. The fraction of sp³-hybridized carbons (Fsp3) is 0.659. The van der Waals surface area contributed by atoms with Crippen LogP contribution in [0.1, 0.15) is 147 Å². The second kappa shape index (κ2) is 19.1. The van der Waals surface area contributed by atoms with Gasteiger partial charge >= 0.3 is 0 Å². The highest BCUT2D eigenvalue weighted by molar-refractivity contribution is 8.08. The lowest BCUT2D eigenvalue weighted by molar-refractivity contribution is -0.121. The molecule has 268 valence electrons. The number of amides is 1. The Balaban J connectivity index is 2.09. The second-order valence-corrected chi connectivity index (χ2v) is 19.2. The Hall–Kier alpha value is -1.59. The van der Waals surface area contributed by atoms with Crippen molar-refractivity contribution in [2.24, 2.45) is 23.7 Å². The summed E-state index contributed by atoms with van der Waals surface area (Å²) in [6, 6.07) is 4.58. The first kappa shape index (κ1) is 40.8. The van der Waals surface area contributed by atoms with E-state index in [2.05, 4.69) is 105 Å². The van der Waals surface area contributed by atoms with E-state index in [9.17, 15) is 4.79 Å². The normalized spacial score (nSPS) is 17.9. The number of hydroxylamine groups is 1. The summed E-state index contributed by atoms with van der Waals surface area (Å²) in [5.74, 6) is 6.02. The third-order valence-electron chi connectivity index (χ3n) is 9.74. The third-order valence-corrected chi connectivity index (χ3v) is 13.8. The molecule has 1 aliphatic rings. The molecule has 1 N–H and O–H groups in total. The van der Waals surface area contributed by atoms with Crippen LogP contribution in [-0.4, -0.2) is 12.0 Å². The molecule has 4 nitrogen and oxygen atoms in total. The SMILES string of the molecule is C=CC1=C(Sc2ccpc(CONC=O)c2C)c2sc(C(C)(C)C)cc2OC1(CCC(C)CCCC(C)C)CCC(C)CCCC(C)C. The van der Waals surface area contributed by atoms with E-state index in [1.165, 1.54) is 69.2 Å². The third kappa shape index (κ3) is 11.7. The van der Waals surface area contributed by atoms with Gasteiger partial charge in [-0.15, -0.1) is 11.3 Å². The molecule has 2 atom stereocenters. The molecule has 1 amide bonds. The van der Waals surface area contributed by atoms with Crippen LogP contribution in [0, 0.1) is 30.6 Å². The summed E-state index contributed by atoms with van der Waals surface area (Å²) in [6.07, 6.45) is 14.7. The molecular weight excluding hydrogens is 650 g/mol. The maximum Gasteiger partial charge on any atom is 0.230 e. The van der Waals surface area contributed by atoms with Crippen LogP contribution in [0.4, 0.5) is 0 Å². The molecule has 7 heteroatoms. The summed E-state index contributed by atoms with van der Waals surface area (Å²) in [5.41, 5.74) is 4.42. The molecule has 0 radical (unpaired) electrons. The molecule has 0 aromatic carbocycles. The van der Waals surface area contributed by atoms with Crippen molar-refractivity contribution in [3.8, 4) is 5.75 Å². The van der Waals surface area contributed by atoms with E-state index in [1.807, 2.05) is 23.1 Å². The van der Waals surface area contributed by atoms with Crippen molar-refractivity contribution in [3.63, 3.8) is 0 Å². The Bertz CT molecular complexity index is 1330. The lowest BCUT2D eigenvalue weighted by Crippen LogP contribution is -2.41. The zero-order valence-electron chi connectivity index (χ0n) is 31.7. The van der Waals surface area contributed by atoms with Gasteiger partial charge in [0.15, 0.2) is 0 Å². The van der Waals surface area contributed by atoms with Gasteiger partial charge in [0, 0.05) is 25.5 Å². The molecule has 0 saturated carbocycles. The lowest BCUT2D eigenvalue weighted by atomic mass is 9.78. The number of carbonyl (C=O) groups is 1. The van der Waals surface area contributed by atoms with E-state index in [1.54, 1.807) is 0 Å². The van der Waals surface area contributed by atoms with Crippen molar-refractivity contribution in [2.75, 3.05) is 0 Å². The number of carbonyl (C=O) groups excluding carboxylic acids is 1. The van der Waals surface area contributed by atoms with Gasteiger partial charge in [0.25, 0.3) is 0 Å². The predicted molar refractivity (Wildman–Crippen MR) is 211 cm³/mol. The quantitative estimate of drug-likeness (QED) is 0.0795. The Kier molecular flexibility index (Phi) is 16.3. The topological polar surface area (TPSA) is 47.6 Å². The molecule has 0 fully saturated rings. The van der Waals surface area contributed by atoms with E-state index >= 15 is 0 Å². The molecule has 1 aliphatic heterocycles. The first-order chi connectivity index (χ1) is 22.7. The number of hydrogen-bond donors (Lipinski definition) is 1. The van der Waals surface area contributed by atoms with Gasteiger partial charge in [0.1, 0.15) is 18.0 Å². The molecule has 0 spiro atoms. The van der Waals surface area contributed by atoms with Gasteiger partial charge in [-0.1, -0.05) is 133 Å². The standard InChI is InChI=1S/C41H64NO3PS2/c1-12-33-38(47-36-21-24-46-35(32(36)8)26-44-42-27-43)39-34(25-37(48-39)40(9,10)11)45-41(33,22-19-30(6)17-13-15-28(2)3)23-20-31(7)18-14-16-29(4)5/h12,21,24-25,27-31H,1,13-20,22-23,26H2,2-11H3,(H,42,43). The highest BCUT2D eigenvalue weighted by Gasteiger charge is 2.43. The first-order valence-corrected chi connectivity index (χ1v) is 20.9. The Morgan fingerprint density at radius 3 is 2.12 bits per heavy atom. The van der Waals surface area contributed by atoms with Gasteiger partial charge in [0.2, 0.25) is 6.41 Å². The summed E-state index contributed by atoms with van der Waals surface area (Å²) in [7, 11) is 1.10. The Labute approximate surface area is 303 Å². The number of thioether (sulfide) groups is 1. The highest BCUT2D eigenvalue weighted by Crippen LogP contribution is 2.56. The summed E-state index contributed by atoms with van der Waals surface area (Å²) in [6.45, 7) is 28.1. The van der Waals surface area contributed by atoms with Gasteiger partial charge < -0.3 is 4.74 Å². The number of hydrogen-bond acceptors (Lipinski definition) is 5. The second-order valence-electron chi connectivity index (χ2n) is 16.0. The Morgan fingerprint density at radius 1 is 1.00 bits per heavy atom. The summed E-state index contributed by atoms with van der Waals surface area (Å²) >= 11 is 3.73. The molecule has 48 heavy (non-hydrogen) atoms. The van der Waals surface area contributed by atoms with E-state index in [0.717, 1.165) is 56.8 Å². The van der Waals surface area contributed by atoms with Crippen LogP contribution in [0.25, 0.3) is 4.91 Å². The average molecular weight is 714 g/mol. The van der Waals surface area contributed by atoms with Crippen LogP contribution in [-0.2, 0) is 21.7 Å². The molecular formula is C41H64NO3PS2. The van der Waals surface area contributed by atoms with Crippen LogP contribution in [0.3, 0.4) is 0 Å². The highest BCUT2D eigenvalue weighted by atomic mass is 32.2. The van der Waals surface area contributed by atoms with E-state index in [0.29, 0.717) is 24.9 Å². The summed E-state index contributed by atoms with van der Waals surface area (Å²) in [5, 5.41) is 1.15. The van der Waals surface area contributed by atoms with Gasteiger partial charge in [-0.3, -0.25) is 9.63 Å². The van der Waals surface area contributed by atoms with E-state index < -0.39 is 5.60 Å². The number of ether oxygens (including phenoxy) is 1. The monoisotopic (exact) mass is 713 g/mol. The van der Waals surface area contributed by atoms with E-state index in [-0.39, 0.29) is 5.41 Å². The van der Waals surface area contributed by atoms with Crippen molar-refractivity contribution in [1.82, 2.24) is 5.48 Å². The Morgan fingerprint density at radius 2 is 1.60 bits per heavy atom. The molecule has 2 aromatic heterocycles.